The van der Waals surface area contributed by atoms with Crippen molar-refractivity contribution in [3.63, 3.8) is 0 Å². The zero-order valence-electron chi connectivity index (χ0n) is 11.9. The number of halogens is 2. The molecule has 2 aromatic rings. The molecule has 5 nitrogen and oxygen atoms in total. The molecular formula is C15H14ClFN2O3S. The number of sulfonamides is 1. The van der Waals surface area contributed by atoms with E-state index in [0.29, 0.717) is 5.56 Å². The van der Waals surface area contributed by atoms with E-state index in [1.54, 1.807) is 30.3 Å². The monoisotopic (exact) mass is 356 g/mol. The fraction of sp³-hybridized carbons (Fsp3) is 0.133. The summed E-state index contributed by atoms with van der Waals surface area (Å²) in [5.41, 5.74) is 0.487. The fourth-order valence-electron chi connectivity index (χ4n) is 1.78. The zero-order chi connectivity index (χ0) is 16.9. The molecule has 0 fully saturated rings. The van der Waals surface area contributed by atoms with Gasteiger partial charge in [-0.3, -0.25) is 4.79 Å². The summed E-state index contributed by atoms with van der Waals surface area (Å²) < 4.78 is 39.4. The highest BCUT2D eigenvalue weighted by Gasteiger charge is 2.15. The third-order valence-corrected chi connectivity index (χ3v) is 4.69. The number of carbonyl (C=O) groups excluding carboxylic acids is 1. The van der Waals surface area contributed by atoms with Gasteiger partial charge in [-0.1, -0.05) is 29.8 Å². The van der Waals surface area contributed by atoms with Crippen LogP contribution in [0.1, 0.15) is 10.4 Å². The molecule has 0 unspecified atom stereocenters. The highest BCUT2D eigenvalue weighted by atomic mass is 35.5. The average molecular weight is 357 g/mol. The number of carbonyl (C=O) groups is 1. The number of nitrogens with one attached hydrogen (secondary N) is 2. The van der Waals surface area contributed by atoms with Crippen LogP contribution in [0.15, 0.2) is 53.4 Å². The van der Waals surface area contributed by atoms with Crippen LogP contribution in [0.2, 0.25) is 5.02 Å². The Balaban J connectivity index is 1.88. The predicted octanol–water partition coefficient (Wildman–Crippen LogP) is 2.19. The Morgan fingerprint density at radius 1 is 1.09 bits per heavy atom. The smallest absolute Gasteiger partial charge is 0.251 e. The molecule has 0 radical (unpaired) electrons. The zero-order valence-corrected chi connectivity index (χ0v) is 13.5. The molecule has 0 saturated heterocycles. The van der Waals surface area contributed by atoms with Crippen LogP contribution < -0.4 is 10.0 Å². The Hall–Kier alpha value is -1.96. The van der Waals surface area contributed by atoms with Gasteiger partial charge in [0, 0.05) is 18.7 Å². The van der Waals surface area contributed by atoms with E-state index < -0.39 is 15.8 Å². The maximum Gasteiger partial charge on any atom is 0.251 e. The second-order valence-corrected chi connectivity index (χ2v) is 6.77. The lowest BCUT2D eigenvalue weighted by atomic mass is 10.2. The molecule has 0 atom stereocenters. The summed E-state index contributed by atoms with van der Waals surface area (Å²) in [7, 11) is -3.81. The van der Waals surface area contributed by atoms with Gasteiger partial charge in [0.2, 0.25) is 10.0 Å². The molecule has 0 spiro atoms. The van der Waals surface area contributed by atoms with E-state index in [9.17, 15) is 17.6 Å². The summed E-state index contributed by atoms with van der Waals surface area (Å²) in [5.74, 6) is -0.990. The molecular weight excluding hydrogens is 343 g/mol. The Bertz CT molecular complexity index is 798. The lowest BCUT2D eigenvalue weighted by Crippen LogP contribution is -2.34. The first kappa shape index (κ1) is 17.4. The molecule has 8 heteroatoms. The van der Waals surface area contributed by atoms with Crippen molar-refractivity contribution < 1.29 is 17.6 Å². The maximum absolute atomic E-state index is 13.0. The predicted molar refractivity (Wildman–Crippen MR) is 85.4 cm³/mol. The molecule has 2 aromatic carbocycles. The molecule has 2 N–H and O–H groups in total. The molecule has 0 aliphatic rings. The number of amides is 1. The van der Waals surface area contributed by atoms with Gasteiger partial charge in [0.15, 0.2) is 0 Å². The van der Waals surface area contributed by atoms with Gasteiger partial charge >= 0.3 is 0 Å². The van der Waals surface area contributed by atoms with Crippen molar-refractivity contribution in [3.05, 3.63) is 64.9 Å². The Morgan fingerprint density at radius 2 is 1.78 bits per heavy atom. The molecule has 0 saturated carbocycles. The van der Waals surface area contributed by atoms with Crippen molar-refractivity contribution in [1.82, 2.24) is 10.0 Å². The lowest BCUT2D eigenvalue weighted by Gasteiger charge is -2.08. The minimum absolute atomic E-state index is 0.00407. The van der Waals surface area contributed by atoms with E-state index >= 15 is 0 Å². The summed E-state index contributed by atoms with van der Waals surface area (Å²) >= 11 is 5.57. The SMILES string of the molecule is O=C(NCCNS(=O)(=O)c1ccc(F)c(Cl)c1)c1ccccc1. The van der Waals surface area contributed by atoms with Crippen LogP contribution in [0, 0.1) is 5.82 Å². The minimum Gasteiger partial charge on any atom is -0.351 e. The number of benzene rings is 2. The van der Waals surface area contributed by atoms with Crippen LogP contribution in [0.4, 0.5) is 4.39 Å². The summed E-state index contributed by atoms with van der Waals surface area (Å²) in [5, 5.41) is 2.32. The van der Waals surface area contributed by atoms with Crippen LogP contribution in [-0.2, 0) is 10.0 Å². The van der Waals surface area contributed by atoms with E-state index in [-0.39, 0.29) is 28.9 Å². The minimum atomic E-state index is -3.81. The standard InChI is InChI=1S/C15H14ClFN2O3S/c16-13-10-12(6-7-14(13)17)23(21,22)19-9-8-18-15(20)11-4-2-1-3-5-11/h1-7,10,19H,8-9H2,(H,18,20). The molecule has 0 aliphatic carbocycles. The van der Waals surface area contributed by atoms with Crippen molar-refractivity contribution in [3.8, 4) is 0 Å². The highest BCUT2D eigenvalue weighted by Crippen LogP contribution is 2.19. The van der Waals surface area contributed by atoms with Gasteiger partial charge in [-0.05, 0) is 30.3 Å². The largest absolute Gasteiger partial charge is 0.351 e. The fourth-order valence-corrected chi connectivity index (χ4v) is 3.08. The topological polar surface area (TPSA) is 75.3 Å². The van der Waals surface area contributed by atoms with E-state index in [1.165, 1.54) is 0 Å². The van der Waals surface area contributed by atoms with Gasteiger partial charge in [-0.15, -0.1) is 0 Å². The molecule has 0 bridgehead atoms. The van der Waals surface area contributed by atoms with E-state index in [1.807, 2.05) is 0 Å². The van der Waals surface area contributed by atoms with Crippen LogP contribution in [-0.4, -0.2) is 27.4 Å². The van der Waals surface area contributed by atoms with Gasteiger partial charge in [0.1, 0.15) is 5.82 Å². The van der Waals surface area contributed by atoms with Crippen molar-refractivity contribution in [2.75, 3.05) is 13.1 Å². The second kappa shape index (κ2) is 7.54. The molecule has 2 rings (SSSR count). The normalized spacial score (nSPS) is 11.2. The quantitative estimate of drug-likeness (QED) is 0.779. The van der Waals surface area contributed by atoms with Gasteiger partial charge in [0.25, 0.3) is 5.91 Å². The van der Waals surface area contributed by atoms with Crippen molar-refractivity contribution in [2.24, 2.45) is 0 Å². The van der Waals surface area contributed by atoms with Gasteiger partial charge in [-0.25, -0.2) is 17.5 Å². The second-order valence-electron chi connectivity index (χ2n) is 4.60. The van der Waals surface area contributed by atoms with E-state index in [2.05, 4.69) is 10.0 Å². The summed E-state index contributed by atoms with van der Waals surface area (Å²) in [6.45, 7) is 0.109. The van der Waals surface area contributed by atoms with Crippen molar-refractivity contribution in [2.45, 2.75) is 4.90 Å². The first-order chi connectivity index (χ1) is 10.9. The Kier molecular flexibility index (Phi) is 5.70. The number of rotatable bonds is 6. The highest BCUT2D eigenvalue weighted by molar-refractivity contribution is 7.89. The molecule has 0 heterocycles. The first-order valence-corrected chi connectivity index (χ1v) is 8.54. The summed E-state index contributed by atoms with van der Waals surface area (Å²) in [6, 6.07) is 11.7. The summed E-state index contributed by atoms with van der Waals surface area (Å²) in [6.07, 6.45) is 0. The third kappa shape index (κ3) is 4.75. The van der Waals surface area contributed by atoms with Crippen LogP contribution in [0.3, 0.4) is 0 Å². The number of hydrogen-bond acceptors (Lipinski definition) is 3. The van der Waals surface area contributed by atoms with Crippen LogP contribution in [0.25, 0.3) is 0 Å². The number of hydrogen-bond donors (Lipinski definition) is 2. The summed E-state index contributed by atoms with van der Waals surface area (Å²) in [4.78, 5) is 11.6. The Morgan fingerprint density at radius 3 is 2.43 bits per heavy atom. The Labute approximate surface area is 138 Å². The average Bonchev–Trinajstić information content (AvgIpc) is 2.54. The van der Waals surface area contributed by atoms with E-state index in [0.717, 1.165) is 18.2 Å². The molecule has 0 aliphatic heterocycles. The van der Waals surface area contributed by atoms with Crippen molar-refractivity contribution in [1.29, 1.82) is 0 Å². The lowest BCUT2D eigenvalue weighted by molar-refractivity contribution is 0.0954. The first-order valence-electron chi connectivity index (χ1n) is 6.68. The molecule has 23 heavy (non-hydrogen) atoms. The van der Waals surface area contributed by atoms with Crippen molar-refractivity contribution >= 4 is 27.5 Å². The third-order valence-electron chi connectivity index (χ3n) is 2.94. The van der Waals surface area contributed by atoms with E-state index in [4.69, 9.17) is 11.6 Å². The van der Waals surface area contributed by atoms with Crippen LogP contribution >= 0.6 is 11.6 Å². The van der Waals surface area contributed by atoms with Gasteiger partial charge in [0.05, 0.1) is 9.92 Å². The van der Waals surface area contributed by atoms with Gasteiger partial charge in [-0.2, -0.15) is 0 Å². The van der Waals surface area contributed by atoms with Crippen LogP contribution in [0.5, 0.6) is 0 Å². The molecule has 122 valence electrons. The maximum atomic E-state index is 13.0. The molecule has 1 amide bonds. The van der Waals surface area contributed by atoms with Gasteiger partial charge < -0.3 is 5.32 Å². The molecule has 0 aromatic heterocycles.